The van der Waals surface area contributed by atoms with Gasteiger partial charge in [-0.2, -0.15) is 0 Å². The zero-order valence-corrected chi connectivity index (χ0v) is 10.6. The first kappa shape index (κ1) is 13.6. The lowest BCUT2D eigenvalue weighted by Crippen LogP contribution is -2.32. The minimum atomic E-state index is -0.781. The number of nitrogens with two attached hydrogens (primary N) is 1. The summed E-state index contributed by atoms with van der Waals surface area (Å²) >= 11 is 5.88. The van der Waals surface area contributed by atoms with Crippen LogP contribution in [0.1, 0.15) is 10.4 Å². The number of nitro benzene ring substituents is 1. The van der Waals surface area contributed by atoms with Gasteiger partial charge in [-0.1, -0.05) is 11.6 Å². The van der Waals surface area contributed by atoms with Crippen molar-refractivity contribution in [2.75, 3.05) is 19.8 Å². The lowest BCUT2D eigenvalue weighted by molar-refractivity contribution is -0.384. The summed E-state index contributed by atoms with van der Waals surface area (Å²) in [5.41, 5.74) is 4.69. The quantitative estimate of drug-likeness (QED) is 0.650. The van der Waals surface area contributed by atoms with E-state index in [2.05, 4.69) is 0 Å². The molecule has 1 amide bonds. The second-order valence-electron chi connectivity index (χ2n) is 4.14. The van der Waals surface area contributed by atoms with Crippen molar-refractivity contribution >= 4 is 23.2 Å². The summed E-state index contributed by atoms with van der Waals surface area (Å²) in [6.07, 6.45) is 0. The van der Waals surface area contributed by atoms with E-state index in [0.29, 0.717) is 19.8 Å². The van der Waals surface area contributed by atoms with Gasteiger partial charge in [0.05, 0.1) is 24.7 Å². The van der Waals surface area contributed by atoms with Crippen LogP contribution >= 0.6 is 11.6 Å². The third-order valence-corrected chi connectivity index (χ3v) is 3.06. The third-order valence-electron chi connectivity index (χ3n) is 2.68. The molecular formula is C11H11ClN2O5. The number of halogens is 1. The smallest absolute Gasteiger partial charge is 0.292 e. The van der Waals surface area contributed by atoms with E-state index in [0.717, 1.165) is 6.07 Å². The molecule has 0 aliphatic carbocycles. The Kier molecular flexibility index (Phi) is 3.87. The lowest BCUT2D eigenvalue weighted by Gasteiger charge is -2.25. The van der Waals surface area contributed by atoms with Gasteiger partial charge in [-0.25, -0.2) is 0 Å². The maximum Gasteiger partial charge on any atom is 0.292 e. The Bertz CT molecular complexity index is 530. The monoisotopic (exact) mass is 286 g/mol. The van der Waals surface area contributed by atoms with E-state index in [1.165, 1.54) is 6.07 Å². The number of carbonyl (C=O) groups excluding carboxylic acids is 1. The van der Waals surface area contributed by atoms with E-state index in [-0.39, 0.29) is 22.3 Å². The molecule has 0 aromatic heterocycles. The molecule has 0 radical (unpaired) electrons. The fraction of sp³-hybridized carbons (Fsp3) is 0.364. The molecule has 2 N–H and O–H groups in total. The van der Waals surface area contributed by atoms with Gasteiger partial charge in [0.15, 0.2) is 5.02 Å². The molecule has 19 heavy (non-hydrogen) atoms. The zero-order valence-electron chi connectivity index (χ0n) is 9.80. The minimum absolute atomic E-state index is 0.0176. The number of amides is 1. The van der Waals surface area contributed by atoms with Gasteiger partial charge in [0, 0.05) is 17.5 Å². The molecule has 2 rings (SSSR count). The first-order chi connectivity index (χ1) is 8.99. The molecule has 1 heterocycles. The van der Waals surface area contributed by atoms with E-state index >= 15 is 0 Å². The SMILES string of the molecule is NC(=O)c1cc(OCC2COC2)c(Cl)c([N+](=O)[O-])c1. The largest absolute Gasteiger partial charge is 0.491 e. The number of hydrogen-bond acceptors (Lipinski definition) is 5. The molecule has 0 unspecified atom stereocenters. The van der Waals surface area contributed by atoms with Crippen LogP contribution < -0.4 is 10.5 Å². The molecule has 8 heteroatoms. The molecule has 1 fully saturated rings. The Labute approximate surface area is 113 Å². The highest BCUT2D eigenvalue weighted by molar-refractivity contribution is 6.34. The Hall–Kier alpha value is -1.86. The van der Waals surface area contributed by atoms with Gasteiger partial charge in [0.25, 0.3) is 5.69 Å². The summed E-state index contributed by atoms with van der Waals surface area (Å²) in [7, 11) is 0. The lowest BCUT2D eigenvalue weighted by atomic mass is 10.1. The molecule has 0 atom stereocenters. The minimum Gasteiger partial charge on any atom is -0.491 e. The van der Waals surface area contributed by atoms with E-state index in [9.17, 15) is 14.9 Å². The average molecular weight is 287 g/mol. The zero-order chi connectivity index (χ0) is 14.0. The van der Waals surface area contributed by atoms with Crippen molar-refractivity contribution in [3.05, 3.63) is 32.8 Å². The van der Waals surface area contributed by atoms with Crippen LogP contribution in [0.15, 0.2) is 12.1 Å². The summed E-state index contributed by atoms with van der Waals surface area (Å²) in [5.74, 6) is -0.472. The van der Waals surface area contributed by atoms with Crippen LogP contribution in [0.2, 0.25) is 5.02 Å². The second-order valence-corrected chi connectivity index (χ2v) is 4.52. The predicted octanol–water partition coefficient (Wildman–Crippen LogP) is 1.37. The van der Waals surface area contributed by atoms with Crippen LogP contribution in [-0.2, 0) is 4.74 Å². The number of nitrogens with zero attached hydrogens (tertiary/aromatic N) is 1. The average Bonchev–Trinajstić information content (AvgIpc) is 2.28. The van der Waals surface area contributed by atoms with E-state index in [4.69, 9.17) is 26.8 Å². The van der Waals surface area contributed by atoms with Crippen molar-refractivity contribution in [1.29, 1.82) is 0 Å². The Balaban J connectivity index is 2.28. The Morgan fingerprint density at radius 3 is 2.74 bits per heavy atom. The second kappa shape index (κ2) is 5.41. The normalized spacial score (nSPS) is 14.8. The molecule has 1 aromatic carbocycles. The third kappa shape index (κ3) is 2.94. The molecule has 1 aliphatic heterocycles. The molecule has 0 bridgehead atoms. The van der Waals surface area contributed by atoms with Gasteiger partial charge in [-0.05, 0) is 6.07 Å². The molecule has 1 aromatic rings. The number of rotatable bonds is 5. The predicted molar refractivity (Wildman–Crippen MR) is 66.4 cm³/mol. The van der Waals surface area contributed by atoms with Gasteiger partial charge in [0.2, 0.25) is 5.91 Å². The van der Waals surface area contributed by atoms with E-state index in [1.807, 2.05) is 0 Å². The topological polar surface area (TPSA) is 105 Å². The van der Waals surface area contributed by atoms with Gasteiger partial charge in [-0.3, -0.25) is 14.9 Å². The van der Waals surface area contributed by atoms with Crippen molar-refractivity contribution in [1.82, 2.24) is 0 Å². The van der Waals surface area contributed by atoms with Crippen LogP contribution in [0.5, 0.6) is 5.75 Å². The number of benzene rings is 1. The number of ether oxygens (including phenoxy) is 2. The summed E-state index contributed by atoms with van der Waals surface area (Å²) in [4.78, 5) is 21.3. The number of primary amides is 1. The number of hydrogen-bond donors (Lipinski definition) is 1. The highest BCUT2D eigenvalue weighted by Crippen LogP contribution is 2.35. The van der Waals surface area contributed by atoms with Crippen molar-refractivity contribution in [3.8, 4) is 5.75 Å². The van der Waals surface area contributed by atoms with Gasteiger partial charge >= 0.3 is 0 Å². The Morgan fingerprint density at radius 1 is 1.58 bits per heavy atom. The fourth-order valence-corrected chi connectivity index (χ4v) is 1.78. The molecule has 102 valence electrons. The summed E-state index contributed by atoms with van der Waals surface area (Å²) in [5, 5.41) is 10.7. The number of carbonyl (C=O) groups is 1. The maximum absolute atomic E-state index is 11.1. The van der Waals surface area contributed by atoms with Gasteiger partial charge < -0.3 is 15.2 Å². The fourth-order valence-electron chi connectivity index (χ4n) is 1.55. The van der Waals surface area contributed by atoms with Crippen molar-refractivity contribution in [2.45, 2.75) is 0 Å². The van der Waals surface area contributed by atoms with Crippen LogP contribution in [0.4, 0.5) is 5.69 Å². The van der Waals surface area contributed by atoms with Crippen LogP contribution in [0.25, 0.3) is 0 Å². The van der Waals surface area contributed by atoms with Crippen molar-refractivity contribution < 1.29 is 19.2 Å². The number of nitro groups is 1. The maximum atomic E-state index is 11.1. The molecular weight excluding hydrogens is 276 g/mol. The van der Waals surface area contributed by atoms with Crippen LogP contribution in [0, 0.1) is 16.0 Å². The summed E-state index contributed by atoms with van der Waals surface area (Å²) in [6.45, 7) is 1.48. The van der Waals surface area contributed by atoms with E-state index in [1.54, 1.807) is 0 Å². The first-order valence-corrected chi connectivity index (χ1v) is 5.85. The van der Waals surface area contributed by atoms with Crippen molar-refractivity contribution in [3.63, 3.8) is 0 Å². The molecule has 1 aliphatic rings. The van der Waals surface area contributed by atoms with Gasteiger partial charge in [0.1, 0.15) is 5.75 Å². The highest BCUT2D eigenvalue weighted by Gasteiger charge is 2.23. The summed E-state index contributed by atoms with van der Waals surface area (Å²) in [6, 6.07) is 2.33. The Morgan fingerprint density at radius 2 is 2.26 bits per heavy atom. The molecule has 0 saturated carbocycles. The summed E-state index contributed by atoms with van der Waals surface area (Å²) < 4.78 is 10.4. The standard InChI is InChI=1S/C11H11ClN2O5/c12-10-8(14(16)17)1-7(11(13)15)2-9(10)19-5-6-3-18-4-6/h1-2,6H,3-5H2,(H2,13,15). The van der Waals surface area contributed by atoms with E-state index < -0.39 is 16.5 Å². The first-order valence-electron chi connectivity index (χ1n) is 5.47. The van der Waals surface area contributed by atoms with Crippen LogP contribution in [-0.4, -0.2) is 30.7 Å². The van der Waals surface area contributed by atoms with Crippen molar-refractivity contribution in [2.24, 2.45) is 11.7 Å². The highest BCUT2D eigenvalue weighted by atomic mass is 35.5. The molecule has 0 spiro atoms. The van der Waals surface area contributed by atoms with Gasteiger partial charge in [-0.15, -0.1) is 0 Å². The molecule has 1 saturated heterocycles. The van der Waals surface area contributed by atoms with Crippen LogP contribution in [0.3, 0.4) is 0 Å². The molecule has 7 nitrogen and oxygen atoms in total.